The third kappa shape index (κ3) is 2.91. The molecule has 0 saturated heterocycles. The quantitative estimate of drug-likeness (QED) is 0.305. The highest BCUT2D eigenvalue weighted by molar-refractivity contribution is 4.89. The Morgan fingerprint density at radius 2 is 1.44 bits per heavy atom. The molecule has 6 nitrogen and oxygen atoms in total. The molecule has 0 aromatic carbocycles. The Balaban J connectivity index is 2.47. The van der Waals surface area contributed by atoms with E-state index in [1.54, 1.807) is 0 Å². The molecule has 1 rings (SSSR count). The van der Waals surface area contributed by atoms with E-state index in [1.165, 1.54) is 0 Å². The maximum Gasteiger partial charge on any atom is 0.111 e. The molecule has 16 heavy (non-hydrogen) atoms. The maximum atomic E-state index is 9.65. The van der Waals surface area contributed by atoms with E-state index in [2.05, 4.69) is 0 Å². The summed E-state index contributed by atoms with van der Waals surface area (Å²) in [5.41, 5.74) is 0. The predicted molar refractivity (Wildman–Crippen MR) is 54.5 cm³/mol. The average Bonchev–Trinajstić information content (AvgIpc) is 2.22. The van der Waals surface area contributed by atoms with E-state index in [9.17, 15) is 20.4 Å². The highest BCUT2D eigenvalue weighted by Crippen LogP contribution is 2.31. The van der Waals surface area contributed by atoms with Gasteiger partial charge in [-0.25, -0.2) is 0 Å². The van der Waals surface area contributed by atoms with Gasteiger partial charge >= 0.3 is 0 Å². The topological polar surface area (TPSA) is 121 Å². The van der Waals surface area contributed by atoms with Crippen molar-refractivity contribution >= 4 is 0 Å². The Labute approximate surface area is 93.8 Å². The predicted octanol–water partition coefficient (Wildman–Crippen LogP) is -2.42. The molecule has 0 heterocycles. The number of rotatable bonds is 6. The van der Waals surface area contributed by atoms with Crippen LogP contribution in [0.2, 0.25) is 0 Å². The summed E-state index contributed by atoms with van der Waals surface area (Å²) in [4.78, 5) is 0. The highest BCUT2D eigenvalue weighted by atomic mass is 16.4. The van der Waals surface area contributed by atoms with Crippen LogP contribution in [0.3, 0.4) is 0 Å². The van der Waals surface area contributed by atoms with Gasteiger partial charge in [-0.05, 0) is 18.8 Å². The lowest BCUT2D eigenvalue weighted by molar-refractivity contribution is -0.153. The first-order chi connectivity index (χ1) is 7.49. The van der Waals surface area contributed by atoms with E-state index in [4.69, 9.17) is 10.2 Å². The van der Waals surface area contributed by atoms with Gasteiger partial charge in [0.1, 0.15) is 24.4 Å². The van der Waals surface area contributed by atoms with E-state index in [1.807, 2.05) is 0 Å². The summed E-state index contributed by atoms with van der Waals surface area (Å²) in [7, 11) is 0. The van der Waals surface area contributed by atoms with Crippen LogP contribution in [0, 0.1) is 5.92 Å². The number of aliphatic hydroxyl groups is 6. The summed E-state index contributed by atoms with van der Waals surface area (Å²) in [5.74, 6) is -0.0666. The summed E-state index contributed by atoms with van der Waals surface area (Å²) in [6.07, 6.45) is -4.95. The Hall–Kier alpha value is -0.240. The third-order valence-corrected chi connectivity index (χ3v) is 3.26. The van der Waals surface area contributed by atoms with Crippen LogP contribution in [0.1, 0.15) is 19.3 Å². The standard InChI is InChI=1S/C10H20O6/c11-4-6(12)8(14)10(16)9(15)7(13)5-2-1-3-5/h5-16H,1-4H2/t6-,7?,8+,9+,10-/m0/s1. The van der Waals surface area contributed by atoms with E-state index >= 15 is 0 Å². The largest absolute Gasteiger partial charge is 0.394 e. The van der Waals surface area contributed by atoms with Crippen molar-refractivity contribution in [3.63, 3.8) is 0 Å². The fourth-order valence-electron chi connectivity index (χ4n) is 1.80. The van der Waals surface area contributed by atoms with Gasteiger partial charge < -0.3 is 30.6 Å². The van der Waals surface area contributed by atoms with Crippen molar-refractivity contribution < 1.29 is 30.6 Å². The van der Waals surface area contributed by atoms with Crippen LogP contribution in [-0.4, -0.2) is 67.8 Å². The molecule has 5 atom stereocenters. The number of hydrogen-bond acceptors (Lipinski definition) is 6. The van der Waals surface area contributed by atoms with Crippen molar-refractivity contribution in [2.75, 3.05) is 6.61 Å². The van der Waals surface area contributed by atoms with Crippen LogP contribution in [0.15, 0.2) is 0 Å². The molecule has 96 valence electrons. The van der Waals surface area contributed by atoms with Gasteiger partial charge in [0, 0.05) is 0 Å². The van der Waals surface area contributed by atoms with Gasteiger partial charge in [-0.3, -0.25) is 0 Å². The molecule has 0 amide bonds. The first-order valence-corrected chi connectivity index (χ1v) is 5.50. The van der Waals surface area contributed by atoms with Crippen LogP contribution in [0.5, 0.6) is 0 Å². The zero-order valence-electron chi connectivity index (χ0n) is 8.98. The Bertz CT molecular complexity index is 193. The normalized spacial score (nSPS) is 26.6. The van der Waals surface area contributed by atoms with Crippen molar-refractivity contribution in [1.29, 1.82) is 0 Å². The first kappa shape index (κ1) is 13.8. The lowest BCUT2D eigenvalue weighted by Gasteiger charge is -2.36. The summed E-state index contributed by atoms with van der Waals surface area (Å²) < 4.78 is 0. The molecule has 1 unspecified atom stereocenters. The molecule has 0 aromatic heterocycles. The summed E-state index contributed by atoms with van der Waals surface area (Å²) in [5, 5.41) is 55.7. The summed E-state index contributed by atoms with van der Waals surface area (Å²) in [6.45, 7) is -0.718. The van der Waals surface area contributed by atoms with Gasteiger partial charge in [-0.1, -0.05) is 6.42 Å². The minimum atomic E-state index is -1.67. The molecular formula is C10H20O6. The van der Waals surface area contributed by atoms with Gasteiger partial charge in [0.2, 0.25) is 0 Å². The van der Waals surface area contributed by atoms with Crippen LogP contribution in [-0.2, 0) is 0 Å². The van der Waals surface area contributed by atoms with Gasteiger partial charge in [-0.2, -0.15) is 0 Å². The Kier molecular flexibility index (Phi) is 5.10. The van der Waals surface area contributed by atoms with Crippen molar-refractivity contribution in [3.05, 3.63) is 0 Å². The van der Waals surface area contributed by atoms with Crippen molar-refractivity contribution in [2.45, 2.75) is 49.8 Å². The maximum absolute atomic E-state index is 9.65. The molecule has 6 N–H and O–H groups in total. The zero-order valence-corrected chi connectivity index (χ0v) is 8.98. The van der Waals surface area contributed by atoms with Gasteiger partial charge in [0.15, 0.2) is 0 Å². The second-order valence-electron chi connectivity index (χ2n) is 4.40. The van der Waals surface area contributed by atoms with E-state index in [0.29, 0.717) is 0 Å². The smallest absolute Gasteiger partial charge is 0.111 e. The van der Waals surface area contributed by atoms with Crippen molar-refractivity contribution in [1.82, 2.24) is 0 Å². The van der Waals surface area contributed by atoms with Gasteiger partial charge in [0.25, 0.3) is 0 Å². The van der Waals surface area contributed by atoms with Gasteiger partial charge in [-0.15, -0.1) is 0 Å². The molecule has 0 radical (unpaired) electrons. The molecule has 1 aliphatic carbocycles. The first-order valence-electron chi connectivity index (χ1n) is 5.50. The molecule has 0 spiro atoms. The molecule has 1 aliphatic rings. The van der Waals surface area contributed by atoms with E-state index < -0.39 is 37.1 Å². The summed E-state index contributed by atoms with van der Waals surface area (Å²) in [6, 6.07) is 0. The number of aliphatic hydroxyl groups excluding tert-OH is 6. The fourth-order valence-corrected chi connectivity index (χ4v) is 1.80. The minimum absolute atomic E-state index is 0.0666. The van der Waals surface area contributed by atoms with E-state index in [0.717, 1.165) is 19.3 Å². The monoisotopic (exact) mass is 236 g/mol. The lowest BCUT2D eigenvalue weighted by atomic mass is 9.78. The van der Waals surface area contributed by atoms with Crippen LogP contribution in [0.4, 0.5) is 0 Å². The second-order valence-corrected chi connectivity index (χ2v) is 4.40. The fraction of sp³-hybridized carbons (Fsp3) is 1.00. The SMILES string of the molecule is OC[C@H](O)[C@@H](O)[C@H](O)[C@H](O)C(O)C1CCC1. The van der Waals surface area contributed by atoms with Crippen LogP contribution < -0.4 is 0 Å². The van der Waals surface area contributed by atoms with Crippen molar-refractivity contribution in [2.24, 2.45) is 5.92 Å². The Morgan fingerprint density at radius 3 is 1.81 bits per heavy atom. The highest BCUT2D eigenvalue weighted by Gasteiger charge is 2.38. The summed E-state index contributed by atoms with van der Waals surface area (Å²) >= 11 is 0. The molecule has 0 bridgehead atoms. The van der Waals surface area contributed by atoms with Gasteiger partial charge in [0.05, 0.1) is 12.7 Å². The second kappa shape index (κ2) is 5.90. The van der Waals surface area contributed by atoms with Crippen LogP contribution >= 0.6 is 0 Å². The zero-order chi connectivity index (χ0) is 12.3. The molecule has 6 heteroatoms. The minimum Gasteiger partial charge on any atom is -0.394 e. The Morgan fingerprint density at radius 1 is 0.875 bits per heavy atom. The molecule has 0 aliphatic heterocycles. The molecule has 0 aromatic rings. The van der Waals surface area contributed by atoms with Crippen LogP contribution in [0.25, 0.3) is 0 Å². The van der Waals surface area contributed by atoms with Crippen molar-refractivity contribution in [3.8, 4) is 0 Å². The third-order valence-electron chi connectivity index (χ3n) is 3.26. The molecule has 1 saturated carbocycles. The molecular weight excluding hydrogens is 216 g/mol. The number of hydrogen-bond donors (Lipinski definition) is 6. The average molecular weight is 236 g/mol. The lowest BCUT2D eigenvalue weighted by Crippen LogP contribution is -2.52. The molecule has 1 fully saturated rings. The van der Waals surface area contributed by atoms with E-state index in [-0.39, 0.29) is 5.92 Å².